The Labute approximate surface area is 99.5 Å². The summed E-state index contributed by atoms with van der Waals surface area (Å²) >= 11 is 1.37. The molecule has 0 saturated carbocycles. The predicted molar refractivity (Wildman–Crippen MR) is 64.0 cm³/mol. The summed E-state index contributed by atoms with van der Waals surface area (Å²) in [4.78, 5) is 0.684. The van der Waals surface area contributed by atoms with Crippen LogP contribution in [0.25, 0.3) is 0 Å². The van der Waals surface area contributed by atoms with Crippen LogP contribution in [0, 0.1) is 5.82 Å². The number of benzene rings is 1. The van der Waals surface area contributed by atoms with Gasteiger partial charge in [0.2, 0.25) is 0 Å². The Morgan fingerprint density at radius 2 is 1.81 bits per heavy atom. The van der Waals surface area contributed by atoms with Gasteiger partial charge >= 0.3 is 0 Å². The van der Waals surface area contributed by atoms with Crippen LogP contribution in [0.5, 0.6) is 0 Å². The van der Waals surface area contributed by atoms with Crippen LogP contribution in [0.15, 0.2) is 23.1 Å². The molecule has 0 heterocycles. The van der Waals surface area contributed by atoms with Gasteiger partial charge in [-0.1, -0.05) is 13.0 Å². The van der Waals surface area contributed by atoms with Crippen molar-refractivity contribution in [2.75, 3.05) is 0 Å². The molecule has 0 amide bonds. The standard InChI is InChI=1S/C12H17FO2S/c1-7(14)9(3)16-11-6-4-5-10(13)12(11)8(2)15/h4-9,14-15H,1-3H3/t7?,8-,9?/m0/s1. The molecule has 2 N–H and O–H groups in total. The fraction of sp³-hybridized carbons (Fsp3) is 0.500. The lowest BCUT2D eigenvalue weighted by Crippen LogP contribution is -2.15. The average Bonchev–Trinajstić information content (AvgIpc) is 2.16. The molecular formula is C12H17FO2S. The molecule has 2 nitrogen and oxygen atoms in total. The molecule has 0 radical (unpaired) electrons. The van der Waals surface area contributed by atoms with Crippen molar-refractivity contribution in [3.63, 3.8) is 0 Å². The van der Waals surface area contributed by atoms with E-state index in [0.717, 1.165) is 0 Å². The summed E-state index contributed by atoms with van der Waals surface area (Å²) in [5.74, 6) is -0.405. The topological polar surface area (TPSA) is 40.5 Å². The fourth-order valence-corrected chi connectivity index (χ4v) is 2.47. The Hall–Kier alpha value is -0.580. The molecular weight excluding hydrogens is 227 g/mol. The van der Waals surface area contributed by atoms with Gasteiger partial charge in [-0.05, 0) is 26.0 Å². The summed E-state index contributed by atoms with van der Waals surface area (Å²) in [6.45, 7) is 5.10. The summed E-state index contributed by atoms with van der Waals surface area (Å²) in [6.07, 6.45) is -1.32. The van der Waals surface area contributed by atoms with E-state index >= 15 is 0 Å². The molecule has 3 atom stereocenters. The molecule has 90 valence electrons. The van der Waals surface area contributed by atoms with E-state index in [-0.39, 0.29) is 5.25 Å². The Bertz CT molecular complexity index is 353. The average molecular weight is 244 g/mol. The van der Waals surface area contributed by atoms with Crippen LogP contribution in [0.1, 0.15) is 32.4 Å². The lowest BCUT2D eigenvalue weighted by Gasteiger charge is -2.18. The summed E-state index contributed by atoms with van der Waals surface area (Å²) in [6, 6.07) is 4.70. The minimum atomic E-state index is -0.843. The van der Waals surface area contributed by atoms with E-state index in [1.807, 2.05) is 6.92 Å². The smallest absolute Gasteiger partial charge is 0.130 e. The maximum atomic E-state index is 13.5. The van der Waals surface area contributed by atoms with E-state index in [1.165, 1.54) is 24.8 Å². The van der Waals surface area contributed by atoms with Gasteiger partial charge in [0.15, 0.2) is 0 Å². The second-order valence-electron chi connectivity index (χ2n) is 3.89. The highest BCUT2D eigenvalue weighted by Crippen LogP contribution is 2.33. The van der Waals surface area contributed by atoms with Crippen molar-refractivity contribution < 1.29 is 14.6 Å². The zero-order chi connectivity index (χ0) is 12.3. The lowest BCUT2D eigenvalue weighted by molar-refractivity contribution is 0.189. The van der Waals surface area contributed by atoms with Gasteiger partial charge in [0, 0.05) is 15.7 Å². The second kappa shape index (κ2) is 5.66. The number of aliphatic hydroxyl groups is 2. The molecule has 0 spiro atoms. The number of hydrogen-bond donors (Lipinski definition) is 2. The van der Waals surface area contributed by atoms with Gasteiger partial charge in [0.1, 0.15) is 5.82 Å². The molecule has 0 aromatic heterocycles. The molecule has 0 aliphatic heterocycles. The lowest BCUT2D eigenvalue weighted by atomic mass is 10.1. The van der Waals surface area contributed by atoms with Gasteiger partial charge in [0.05, 0.1) is 12.2 Å². The van der Waals surface area contributed by atoms with Gasteiger partial charge in [-0.2, -0.15) is 0 Å². The fourth-order valence-electron chi connectivity index (χ4n) is 1.32. The van der Waals surface area contributed by atoms with Gasteiger partial charge in [-0.25, -0.2) is 4.39 Å². The largest absolute Gasteiger partial charge is 0.392 e. The quantitative estimate of drug-likeness (QED) is 0.800. The monoisotopic (exact) mass is 244 g/mol. The Kier molecular flexibility index (Phi) is 4.77. The van der Waals surface area contributed by atoms with Crippen molar-refractivity contribution in [3.05, 3.63) is 29.6 Å². The van der Waals surface area contributed by atoms with Crippen LogP contribution in [0.2, 0.25) is 0 Å². The van der Waals surface area contributed by atoms with Gasteiger partial charge in [-0.15, -0.1) is 11.8 Å². The molecule has 0 bridgehead atoms. The molecule has 1 aromatic rings. The number of halogens is 1. The van der Waals surface area contributed by atoms with E-state index in [2.05, 4.69) is 0 Å². The van der Waals surface area contributed by atoms with Crippen molar-refractivity contribution in [1.82, 2.24) is 0 Å². The number of aliphatic hydroxyl groups excluding tert-OH is 2. The van der Waals surface area contributed by atoms with Crippen LogP contribution in [-0.4, -0.2) is 21.6 Å². The van der Waals surface area contributed by atoms with Crippen LogP contribution in [-0.2, 0) is 0 Å². The van der Waals surface area contributed by atoms with E-state index in [4.69, 9.17) is 0 Å². The van der Waals surface area contributed by atoms with E-state index in [9.17, 15) is 14.6 Å². The maximum Gasteiger partial charge on any atom is 0.130 e. The minimum absolute atomic E-state index is 0.0423. The molecule has 1 rings (SSSR count). The van der Waals surface area contributed by atoms with Gasteiger partial charge in [0.25, 0.3) is 0 Å². The number of rotatable bonds is 4. The van der Waals surface area contributed by atoms with E-state index in [0.29, 0.717) is 10.5 Å². The first-order valence-corrected chi connectivity index (χ1v) is 6.12. The Morgan fingerprint density at radius 3 is 2.31 bits per heavy atom. The van der Waals surface area contributed by atoms with Crippen LogP contribution >= 0.6 is 11.8 Å². The molecule has 0 saturated heterocycles. The first-order chi connectivity index (χ1) is 7.43. The highest BCUT2D eigenvalue weighted by molar-refractivity contribution is 8.00. The molecule has 4 heteroatoms. The van der Waals surface area contributed by atoms with Crippen molar-refractivity contribution >= 4 is 11.8 Å². The third-order valence-electron chi connectivity index (χ3n) is 2.42. The molecule has 2 unspecified atom stereocenters. The second-order valence-corrected chi connectivity index (χ2v) is 5.31. The summed E-state index contributed by atoms with van der Waals surface area (Å²) in [5, 5.41) is 18.9. The van der Waals surface area contributed by atoms with Crippen molar-refractivity contribution in [2.45, 2.75) is 43.1 Å². The van der Waals surface area contributed by atoms with Gasteiger partial charge in [-0.3, -0.25) is 0 Å². The van der Waals surface area contributed by atoms with Crippen molar-refractivity contribution in [2.24, 2.45) is 0 Å². The van der Waals surface area contributed by atoms with Gasteiger partial charge < -0.3 is 10.2 Å². The molecule has 0 aliphatic rings. The van der Waals surface area contributed by atoms with Crippen LogP contribution in [0.3, 0.4) is 0 Å². The molecule has 0 aliphatic carbocycles. The van der Waals surface area contributed by atoms with E-state index < -0.39 is 18.0 Å². The maximum absolute atomic E-state index is 13.5. The van der Waals surface area contributed by atoms with Crippen molar-refractivity contribution in [1.29, 1.82) is 0 Å². The predicted octanol–water partition coefficient (Wildman–Crippen LogP) is 2.74. The number of hydrogen-bond acceptors (Lipinski definition) is 3. The minimum Gasteiger partial charge on any atom is -0.392 e. The van der Waals surface area contributed by atoms with Crippen molar-refractivity contribution in [3.8, 4) is 0 Å². The third-order valence-corrected chi connectivity index (χ3v) is 3.80. The zero-order valence-electron chi connectivity index (χ0n) is 9.64. The highest BCUT2D eigenvalue weighted by atomic mass is 32.2. The first kappa shape index (κ1) is 13.5. The van der Waals surface area contributed by atoms with E-state index in [1.54, 1.807) is 19.1 Å². The first-order valence-electron chi connectivity index (χ1n) is 5.24. The molecule has 1 aromatic carbocycles. The third kappa shape index (κ3) is 3.20. The highest BCUT2D eigenvalue weighted by Gasteiger charge is 2.17. The summed E-state index contributed by atoms with van der Waals surface area (Å²) in [7, 11) is 0. The Balaban J connectivity index is 2.99. The Morgan fingerprint density at radius 1 is 1.19 bits per heavy atom. The summed E-state index contributed by atoms with van der Waals surface area (Å²) < 4.78 is 13.5. The molecule has 16 heavy (non-hydrogen) atoms. The SMILES string of the molecule is CC(O)C(C)Sc1cccc(F)c1[C@H](C)O. The normalized spacial score (nSPS) is 16.9. The number of thioether (sulfide) groups is 1. The van der Waals surface area contributed by atoms with Crippen LogP contribution < -0.4 is 0 Å². The van der Waals surface area contributed by atoms with Crippen LogP contribution in [0.4, 0.5) is 4.39 Å². The molecule has 0 fully saturated rings. The summed E-state index contributed by atoms with van der Waals surface area (Å²) in [5.41, 5.74) is 0.306. The zero-order valence-corrected chi connectivity index (χ0v) is 10.5.